The Hall–Kier alpha value is -2.97. The number of hydrogen-bond donors (Lipinski definition) is 1. The minimum absolute atomic E-state index is 0.0670. The van der Waals surface area contributed by atoms with Gasteiger partial charge < -0.3 is 4.40 Å². The number of H-pyrrole nitrogens is 1. The van der Waals surface area contributed by atoms with Crippen molar-refractivity contribution in [2.24, 2.45) is 0 Å². The lowest BCUT2D eigenvalue weighted by Crippen LogP contribution is -2.34. The van der Waals surface area contributed by atoms with Crippen LogP contribution in [0.1, 0.15) is 22.5 Å². The van der Waals surface area contributed by atoms with Crippen molar-refractivity contribution in [1.82, 2.24) is 23.5 Å². The van der Waals surface area contributed by atoms with Crippen LogP contribution < -0.4 is 5.56 Å². The largest absolute Gasteiger partial charge is 0.307 e. The van der Waals surface area contributed by atoms with Gasteiger partial charge in [-0.15, -0.1) is 0 Å². The summed E-state index contributed by atoms with van der Waals surface area (Å²) in [7, 11) is -1.28. The lowest BCUT2D eigenvalue weighted by atomic mass is 10.1. The second-order valence-corrected chi connectivity index (χ2v) is 8.82. The maximum absolute atomic E-state index is 13.0. The van der Waals surface area contributed by atoms with E-state index >= 15 is 0 Å². The number of aromatic nitrogens is 4. The van der Waals surface area contributed by atoms with Gasteiger partial charge in [0.1, 0.15) is 16.6 Å². The quantitative estimate of drug-likeness (QED) is 0.564. The molecule has 0 aliphatic carbocycles. The number of imidazole rings is 1. The van der Waals surface area contributed by atoms with Crippen LogP contribution in [0.3, 0.4) is 0 Å². The molecule has 1 N–H and O–H groups in total. The molecule has 0 amide bonds. The second-order valence-electron chi connectivity index (χ2n) is 7.33. The van der Waals surface area contributed by atoms with Crippen LogP contribution in [0.5, 0.6) is 0 Å². The summed E-state index contributed by atoms with van der Waals surface area (Å²) in [6, 6.07) is 13.5. The predicted octanol–water partition coefficient (Wildman–Crippen LogP) is 2.26. The van der Waals surface area contributed by atoms with E-state index < -0.39 is 11.0 Å². The summed E-state index contributed by atoms with van der Waals surface area (Å²) in [5.74, 6) is 0. The molecule has 0 fully saturated rings. The van der Waals surface area contributed by atoms with Gasteiger partial charge >= 0.3 is 0 Å². The van der Waals surface area contributed by atoms with Crippen LogP contribution in [0.2, 0.25) is 0 Å². The van der Waals surface area contributed by atoms with Crippen LogP contribution in [0.4, 0.5) is 0 Å². The molecule has 148 valence electrons. The Morgan fingerprint density at radius 2 is 2.00 bits per heavy atom. The fraction of sp³-hybridized carbons (Fsp3) is 0.238. The summed E-state index contributed by atoms with van der Waals surface area (Å²) >= 11 is 0. The number of benzene rings is 1. The third kappa shape index (κ3) is 3.34. The molecule has 0 saturated carbocycles. The Labute approximate surface area is 170 Å². The van der Waals surface area contributed by atoms with Gasteiger partial charge in [-0.1, -0.05) is 23.8 Å². The van der Waals surface area contributed by atoms with Crippen LogP contribution in [0, 0.1) is 6.92 Å². The van der Waals surface area contributed by atoms with E-state index in [1.54, 1.807) is 4.68 Å². The van der Waals surface area contributed by atoms with Crippen molar-refractivity contribution in [3.8, 4) is 0 Å². The Morgan fingerprint density at radius 3 is 2.79 bits per heavy atom. The standard InChI is InChI=1S/C21H21N5O2S/c1-15-5-7-17(8-6-15)29(28)25-11-9-19-18(14-25)21(27)26(23-19)13-16-12-24-10-3-2-4-20(24)22-16/h2-8,10,12,23H,9,11,13-14H2,1H3. The molecule has 29 heavy (non-hydrogen) atoms. The SMILES string of the molecule is Cc1ccc(S(=O)N2CCc3[nH]n(Cc4cn5ccccc5n4)c(=O)c3C2)cc1. The molecule has 0 radical (unpaired) electrons. The maximum Gasteiger partial charge on any atom is 0.271 e. The summed E-state index contributed by atoms with van der Waals surface area (Å²) in [6.45, 7) is 3.41. The molecule has 5 rings (SSSR count). The predicted molar refractivity (Wildman–Crippen MR) is 111 cm³/mol. The number of hydrogen-bond acceptors (Lipinski definition) is 3. The highest BCUT2D eigenvalue weighted by atomic mass is 32.2. The highest BCUT2D eigenvalue weighted by Crippen LogP contribution is 2.20. The molecule has 1 atom stereocenters. The average molecular weight is 407 g/mol. The minimum Gasteiger partial charge on any atom is -0.307 e. The Bertz CT molecular complexity index is 1240. The first-order valence-corrected chi connectivity index (χ1v) is 10.7. The highest BCUT2D eigenvalue weighted by Gasteiger charge is 2.26. The van der Waals surface area contributed by atoms with E-state index in [4.69, 9.17) is 0 Å². The zero-order chi connectivity index (χ0) is 20.0. The van der Waals surface area contributed by atoms with E-state index in [1.165, 1.54) is 0 Å². The average Bonchev–Trinajstić information content (AvgIpc) is 3.28. The van der Waals surface area contributed by atoms with Gasteiger partial charge in [-0.25, -0.2) is 18.2 Å². The van der Waals surface area contributed by atoms with Crippen LogP contribution in [0.15, 0.2) is 64.5 Å². The van der Waals surface area contributed by atoms with Gasteiger partial charge in [-0.05, 0) is 31.2 Å². The van der Waals surface area contributed by atoms with E-state index in [-0.39, 0.29) is 5.56 Å². The summed E-state index contributed by atoms with van der Waals surface area (Å²) in [5, 5.41) is 3.23. The molecule has 1 aliphatic heterocycles. The zero-order valence-corrected chi connectivity index (χ0v) is 16.9. The first-order chi connectivity index (χ1) is 14.1. The molecule has 0 spiro atoms. The molecular formula is C21H21N5O2S. The van der Waals surface area contributed by atoms with Crippen molar-refractivity contribution >= 4 is 16.6 Å². The second kappa shape index (κ2) is 7.13. The van der Waals surface area contributed by atoms with E-state index in [9.17, 15) is 9.00 Å². The summed E-state index contributed by atoms with van der Waals surface area (Å²) in [4.78, 5) is 18.3. The third-order valence-electron chi connectivity index (χ3n) is 5.27. The fourth-order valence-electron chi connectivity index (χ4n) is 3.72. The molecule has 0 bridgehead atoms. The molecule has 1 aliphatic rings. The van der Waals surface area contributed by atoms with Gasteiger partial charge in [0, 0.05) is 37.6 Å². The molecule has 8 heteroatoms. The van der Waals surface area contributed by atoms with Gasteiger partial charge in [0.15, 0.2) is 0 Å². The van der Waals surface area contributed by atoms with E-state index in [2.05, 4.69) is 10.1 Å². The van der Waals surface area contributed by atoms with Crippen LogP contribution in [-0.4, -0.2) is 34.2 Å². The topological polar surface area (TPSA) is 75.4 Å². The summed E-state index contributed by atoms with van der Waals surface area (Å²) in [5.41, 5.74) is 4.36. The molecular weight excluding hydrogens is 386 g/mol. The van der Waals surface area contributed by atoms with Crippen LogP contribution in [0.25, 0.3) is 5.65 Å². The Kier molecular flexibility index (Phi) is 4.44. The molecule has 1 unspecified atom stereocenters. The van der Waals surface area contributed by atoms with Crippen molar-refractivity contribution in [3.63, 3.8) is 0 Å². The van der Waals surface area contributed by atoms with E-state index in [1.807, 2.05) is 70.5 Å². The maximum atomic E-state index is 13.0. The van der Waals surface area contributed by atoms with Crippen molar-refractivity contribution in [3.05, 3.63) is 87.7 Å². The van der Waals surface area contributed by atoms with E-state index in [0.29, 0.717) is 31.6 Å². The van der Waals surface area contributed by atoms with Gasteiger partial charge in [-0.3, -0.25) is 9.89 Å². The highest BCUT2D eigenvalue weighted by molar-refractivity contribution is 7.82. The van der Waals surface area contributed by atoms with E-state index in [0.717, 1.165) is 27.5 Å². The van der Waals surface area contributed by atoms with Crippen molar-refractivity contribution in [1.29, 1.82) is 0 Å². The number of pyridine rings is 1. The summed E-state index contributed by atoms with van der Waals surface area (Å²) in [6.07, 6.45) is 4.54. The van der Waals surface area contributed by atoms with Crippen molar-refractivity contribution in [2.45, 2.75) is 31.3 Å². The van der Waals surface area contributed by atoms with Crippen molar-refractivity contribution < 1.29 is 4.21 Å². The van der Waals surface area contributed by atoms with Gasteiger partial charge in [0.2, 0.25) is 0 Å². The van der Waals surface area contributed by atoms with Gasteiger partial charge in [0.05, 0.1) is 22.7 Å². The zero-order valence-electron chi connectivity index (χ0n) is 16.0. The summed E-state index contributed by atoms with van der Waals surface area (Å²) < 4.78 is 18.3. The minimum atomic E-state index is -1.28. The van der Waals surface area contributed by atoms with Crippen molar-refractivity contribution in [2.75, 3.05) is 6.54 Å². The monoisotopic (exact) mass is 407 g/mol. The Balaban J connectivity index is 1.39. The number of nitrogens with zero attached hydrogens (tertiary/aromatic N) is 4. The molecule has 0 saturated heterocycles. The molecule has 3 aromatic heterocycles. The van der Waals surface area contributed by atoms with Gasteiger partial charge in [-0.2, -0.15) is 0 Å². The lowest BCUT2D eigenvalue weighted by molar-refractivity contribution is 0.418. The number of aromatic amines is 1. The number of nitrogens with one attached hydrogen (secondary N) is 1. The number of fused-ring (bicyclic) bond motifs is 2. The first kappa shape index (κ1) is 18.1. The fourth-order valence-corrected chi connectivity index (χ4v) is 4.89. The lowest BCUT2D eigenvalue weighted by Gasteiger charge is -2.24. The van der Waals surface area contributed by atoms with Crippen LogP contribution in [-0.2, 0) is 30.5 Å². The van der Waals surface area contributed by atoms with Gasteiger partial charge in [0.25, 0.3) is 5.56 Å². The number of rotatable bonds is 4. The number of aryl methyl sites for hydroxylation is 1. The normalized spacial score (nSPS) is 15.5. The smallest absolute Gasteiger partial charge is 0.271 e. The molecule has 4 heterocycles. The molecule has 7 nitrogen and oxygen atoms in total. The molecule has 4 aromatic rings. The Morgan fingerprint density at radius 1 is 1.17 bits per heavy atom. The van der Waals surface area contributed by atoms with Crippen LogP contribution >= 0.6 is 0 Å². The first-order valence-electron chi connectivity index (χ1n) is 9.55. The molecule has 1 aromatic carbocycles. The third-order valence-corrected chi connectivity index (χ3v) is 6.73.